The minimum Gasteiger partial charge on any atom is -0.352 e. The first-order valence-corrected chi connectivity index (χ1v) is 6.97. The van der Waals surface area contributed by atoms with Crippen molar-refractivity contribution in [1.29, 1.82) is 0 Å². The second kappa shape index (κ2) is 5.17. The predicted octanol–water partition coefficient (Wildman–Crippen LogP) is 0.620. The predicted molar refractivity (Wildman–Crippen MR) is 71.9 cm³/mol. The molecule has 0 aromatic carbocycles. The molecule has 2 aliphatic rings. The van der Waals surface area contributed by atoms with Gasteiger partial charge in [0.05, 0.1) is 0 Å². The van der Waals surface area contributed by atoms with E-state index in [2.05, 4.69) is 15.6 Å². The summed E-state index contributed by atoms with van der Waals surface area (Å²) < 4.78 is 0. The molecule has 19 heavy (non-hydrogen) atoms. The van der Waals surface area contributed by atoms with Crippen molar-refractivity contribution in [2.24, 2.45) is 0 Å². The largest absolute Gasteiger partial charge is 0.352 e. The van der Waals surface area contributed by atoms with Crippen molar-refractivity contribution in [1.82, 2.24) is 15.6 Å². The number of carbonyl (C=O) groups is 1. The highest BCUT2D eigenvalue weighted by Gasteiger charge is 2.24. The molecule has 0 spiro atoms. The van der Waals surface area contributed by atoms with Crippen LogP contribution in [0.4, 0.5) is 0 Å². The minimum absolute atomic E-state index is 0.0255. The molecule has 2 heterocycles. The number of hydrogen-bond acceptors (Lipinski definition) is 3. The van der Waals surface area contributed by atoms with Crippen molar-refractivity contribution >= 4 is 5.91 Å². The Balaban J connectivity index is 1.66. The molecule has 1 aromatic rings. The Morgan fingerprint density at radius 2 is 2.11 bits per heavy atom. The van der Waals surface area contributed by atoms with Gasteiger partial charge in [-0.3, -0.25) is 9.59 Å². The van der Waals surface area contributed by atoms with Crippen molar-refractivity contribution in [3.05, 3.63) is 33.7 Å². The maximum atomic E-state index is 11.3. The Morgan fingerprint density at radius 3 is 2.89 bits per heavy atom. The van der Waals surface area contributed by atoms with Crippen LogP contribution in [0.5, 0.6) is 0 Å². The van der Waals surface area contributed by atoms with Crippen LogP contribution in [0.2, 0.25) is 0 Å². The lowest BCUT2D eigenvalue weighted by molar-refractivity contribution is -0.119. The first-order chi connectivity index (χ1) is 9.22. The Hall–Kier alpha value is -1.62. The molecule has 5 heteroatoms. The molecule has 102 valence electrons. The second-order valence-electron chi connectivity index (χ2n) is 5.41. The van der Waals surface area contributed by atoms with Crippen molar-refractivity contribution in [3.8, 4) is 0 Å². The highest BCUT2D eigenvalue weighted by molar-refractivity contribution is 5.78. The third-order valence-electron chi connectivity index (χ3n) is 4.03. The summed E-state index contributed by atoms with van der Waals surface area (Å²) >= 11 is 0. The van der Waals surface area contributed by atoms with Gasteiger partial charge in [-0.2, -0.15) is 0 Å². The highest BCUT2D eigenvalue weighted by Crippen LogP contribution is 2.27. The van der Waals surface area contributed by atoms with Crippen LogP contribution in [0.3, 0.4) is 0 Å². The molecule has 0 saturated carbocycles. The van der Waals surface area contributed by atoms with Gasteiger partial charge in [-0.05, 0) is 31.2 Å². The van der Waals surface area contributed by atoms with E-state index in [4.69, 9.17) is 0 Å². The quantitative estimate of drug-likeness (QED) is 0.747. The van der Waals surface area contributed by atoms with Crippen LogP contribution >= 0.6 is 0 Å². The Labute approximate surface area is 111 Å². The van der Waals surface area contributed by atoms with Crippen molar-refractivity contribution in [2.75, 3.05) is 6.54 Å². The number of amides is 1. The molecular formula is C14H19N3O2. The van der Waals surface area contributed by atoms with E-state index >= 15 is 0 Å². The average molecular weight is 261 g/mol. The fourth-order valence-corrected chi connectivity index (χ4v) is 3.03. The molecule has 1 aliphatic heterocycles. The van der Waals surface area contributed by atoms with Gasteiger partial charge in [0.1, 0.15) is 0 Å². The number of pyridine rings is 1. The monoisotopic (exact) mass is 261 g/mol. The molecule has 1 saturated heterocycles. The van der Waals surface area contributed by atoms with Gasteiger partial charge in [-0.1, -0.05) is 6.07 Å². The van der Waals surface area contributed by atoms with Gasteiger partial charge >= 0.3 is 0 Å². The number of carbonyl (C=O) groups excluding carboxylic acids is 1. The zero-order valence-corrected chi connectivity index (χ0v) is 10.9. The van der Waals surface area contributed by atoms with Crippen molar-refractivity contribution < 1.29 is 4.79 Å². The summed E-state index contributed by atoms with van der Waals surface area (Å²) in [6.07, 6.45) is 4.67. The maximum absolute atomic E-state index is 11.3. The van der Waals surface area contributed by atoms with E-state index in [1.165, 1.54) is 5.56 Å². The van der Waals surface area contributed by atoms with Gasteiger partial charge < -0.3 is 15.6 Å². The molecule has 5 nitrogen and oxygen atoms in total. The Kier molecular flexibility index (Phi) is 3.38. The van der Waals surface area contributed by atoms with Crippen LogP contribution in [0.25, 0.3) is 0 Å². The number of fused-ring (bicyclic) bond motifs is 1. The normalized spacial score (nSPS) is 26.0. The zero-order chi connectivity index (χ0) is 13.2. The molecule has 1 aromatic heterocycles. The lowest BCUT2D eigenvalue weighted by Crippen LogP contribution is -2.38. The average Bonchev–Trinajstić information content (AvgIpc) is 2.81. The number of hydrogen-bond donors (Lipinski definition) is 3. The van der Waals surface area contributed by atoms with E-state index in [1.54, 1.807) is 6.07 Å². The second-order valence-corrected chi connectivity index (χ2v) is 5.41. The lowest BCUT2D eigenvalue weighted by Gasteiger charge is -2.27. The van der Waals surface area contributed by atoms with E-state index in [-0.39, 0.29) is 23.6 Å². The van der Waals surface area contributed by atoms with E-state index in [0.717, 1.165) is 37.9 Å². The molecular weight excluding hydrogens is 242 g/mol. The fourth-order valence-electron chi connectivity index (χ4n) is 3.03. The first kappa shape index (κ1) is 12.4. The van der Waals surface area contributed by atoms with Crippen LogP contribution in [0.1, 0.15) is 43.0 Å². The van der Waals surface area contributed by atoms with Gasteiger partial charge in [0.25, 0.3) is 0 Å². The summed E-state index contributed by atoms with van der Waals surface area (Å²) in [5.74, 6) is 0.153. The van der Waals surface area contributed by atoms with Crippen LogP contribution in [0.15, 0.2) is 16.9 Å². The fraction of sp³-hybridized carbons (Fsp3) is 0.571. The third-order valence-corrected chi connectivity index (χ3v) is 4.03. The smallest absolute Gasteiger partial charge is 0.248 e. The van der Waals surface area contributed by atoms with E-state index in [1.807, 2.05) is 6.07 Å². The molecule has 2 unspecified atom stereocenters. The number of rotatable bonds is 3. The topological polar surface area (TPSA) is 74.0 Å². The van der Waals surface area contributed by atoms with E-state index in [0.29, 0.717) is 6.42 Å². The van der Waals surface area contributed by atoms with E-state index < -0.39 is 0 Å². The van der Waals surface area contributed by atoms with Gasteiger partial charge in [0.2, 0.25) is 11.5 Å². The maximum Gasteiger partial charge on any atom is 0.248 e. The number of aryl methyl sites for hydroxylation is 1. The molecule has 1 fully saturated rings. The summed E-state index contributed by atoms with van der Waals surface area (Å²) in [5, 5.41) is 6.49. The van der Waals surface area contributed by atoms with Crippen LogP contribution in [-0.4, -0.2) is 23.5 Å². The summed E-state index contributed by atoms with van der Waals surface area (Å²) in [4.78, 5) is 25.4. The standard InChI is InChI=1S/C14H19N3O2/c18-13-6-4-9(16-13)8-15-11-2-1-3-12-10(11)5-7-14(19)17-12/h5,7,9,11,15H,1-4,6,8H2,(H,16,18)(H,17,19). The summed E-state index contributed by atoms with van der Waals surface area (Å²) in [7, 11) is 0. The lowest BCUT2D eigenvalue weighted by atomic mass is 9.91. The minimum atomic E-state index is -0.0255. The molecule has 3 rings (SSSR count). The van der Waals surface area contributed by atoms with Gasteiger partial charge in [-0.25, -0.2) is 0 Å². The summed E-state index contributed by atoms with van der Waals surface area (Å²) in [5.41, 5.74) is 2.24. The van der Waals surface area contributed by atoms with Gasteiger partial charge in [0, 0.05) is 36.8 Å². The number of H-pyrrole nitrogens is 1. The Morgan fingerprint density at radius 1 is 1.21 bits per heavy atom. The molecule has 1 amide bonds. The number of aromatic nitrogens is 1. The SMILES string of the molecule is O=C1CCC(CNC2CCCc3[nH]c(=O)ccc32)N1. The van der Waals surface area contributed by atoms with Gasteiger partial charge in [-0.15, -0.1) is 0 Å². The van der Waals surface area contributed by atoms with Crippen LogP contribution in [-0.2, 0) is 11.2 Å². The highest BCUT2D eigenvalue weighted by atomic mass is 16.2. The molecule has 0 radical (unpaired) electrons. The molecule has 1 aliphatic carbocycles. The number of aromatic amines is 1. The molecule has 0 bridgehead atoms. The number of nitrogens with one attached hydrogen (secondary N) is 3. The van der Waals surface area contributed by atoms with Gasteiger partial charge in [0.15, 0.2) is 0 Å². The van der Waals surface area contributed by atoms with Crippen molar-refractivity contribution in [2.45, 2.75) is 44.2 Å². The molecule has 2 atom stereocenters. The zero-order valence-electron chi connectivity index (χ0n) is 10.9. The van der Waals surface area contributed by atoms with Crippen molar-refractivity contribution in [3.63, 3.8) is 0 Å². The van der Waals surface area contributed by atoms with E-state index in [9.17, 15) is 9.59 Å². The Bertz CT molecular complexity index is 538. The van der Waals surface area contributed by atoms with Crippen LogP contribution in [0, 0.1) is 0 Å². The molecule has 3 N–H and O–H groups in total. The summed E-state index contributed by atoms with van der Waals surface area (Å²) in [6.45, 7) is 0.801. The first-order valence-electron chi connectivity index (χ1n) is 6.97. The van der Waals surface area contributed by atoms with Crippen LogP contribution < -0.4 is 16.2 Å². The summed E-state index contributed by atoms with van der Waals surface area (Å²) in [6, 6.07) is 4.06. The third kappa shape index (κ3) is 2.71.